The van der Waals surface area contributed by atoms with Crippen molar-refractivity contribution >= 4 is 0 Å². The zero-order valence-electron chi connectivity index (χ0n) is 13.1. The van der Waals surface area contributed by atoms with Crippen molar-refractivity contribution in [3.8, 4) is 11.8 Å². The smallest absolute Gasteiger partial charge is 0.322 e. The van der Waals surface area contributed by atoms with Crippen LogP contribution in [-0.2, 0) is 13.1 Å². The van der Waals surface area contributed by atoms with E-state index in [1.807, 2.05) is 26.2 Å². The third-order valence-electron chi connectivity index (χ3n) is 3.07. The molecule has 0 aliphatic heterocycles. The minimum absolute atomic E-state index is 0.357. The third kappa shape index (κ3) is 4.53. The molecule has 0 aliphatic rings. The third-order valence-corrected chi connectivity index (χ3v) is 3.07. The summed E-state index contributed by atoms with van der Waals surface area (Å²) in [4.78, 5) is 8.65. The molecule has 0 fully saturated rings. The molecular weight excluding hydrogens is 266 g/mol. The van der Waals surface area contributed by atoms with E-state index in [-0.39, 0.29) is 0 Å². The van der Waals surface area contributed by atoms with Gasteiger partial charge in [-0.05, 0) is 26.3 Å². The average molecular weight is 289 g/mol. The van der Waals surface area contributed by atoms with Gasteiger partial charge in [0.1, 0.15) is 0 Å². The molecule has 0 aromatic carbocycles. The molecule has 2 rings (SSSR count). The number of hydrogen-bond acceptors (Lipinski definition) is 5. The van der Waals surface area contributed by atoms with Crippen LogP contribution in [0.2, 0.25) is 0 Å². The number of aryl methyl sites for hydroxylation is 2. The second kappa shape index (κ2) is 7.17. The highest BCUT2D eigenvalue weighted by Gasteiger charge is 2.07. The summed E-state index contributed by atoms with van der Waals surface area (Å²) in [5, 5.41) is 7.54. The van der Waals surface area contributed by atoms with E-state index in [0.717, 1.165) is 30.9 Å². The zero-order chi connectivity index (χ0) is 15.2. The Morgan fingerprint density at radius 3 is 2.76 bits per heavy atom. The van der Waals surface area contributed by atoms with E-state index in [9.17, 15) is 0 Å². The van der Waals surface area contributed by atoms with Crippen LogP contribution in [0.25, 0.3) is 0 Å². The largest absolute Gasteiger partial charge is 0.421 e. The van der Waals surface area contributed by atoms with E-state index in [1.54, 1.807) is 10.9 Å². The van der Waals surface area contributed by atoms with E-state index in [0.29, 0.717) is 17.7 Å². The Morgan fingerprint density at radius 2 is 2.14 bits per heavy atom. The highest BCUT2D eigenvalue weighted by atomic mass is 16.5. The summed E-state index contributed by atoms with van der Waals surface area (Å²) in [7, 11) is 0. The van der Waals surface area contributed by atoms with Crippen molar-refractivity contribution in [2.24, 2.45) is 5.92 Å². The minimum Gasteiger partial charge on any atom is -0.421 e. The molecule has 0 bridgehead atoms. The molecule has 0 unspecified atom stereocenters. The van der Waals surface area contributed by atoms with Crippen LogP contribution in [0, 0.1) is 12.8 Å². The Morgan fingerprint density at radius 1 is 1.33 bits per heavy atom. The lowest BCUT2D eigenvalue weighted by atomic mass is 10.2. The maximum atomic E-state index is 5.61. The van der Waals surface area contributed by atoms with Crippen LogP contribution in [-0.4, -0.2) is 26.3 Å². The number of nitrogens with one attached hydrogen (secondary N) is 1. The fourth-order valence-electron chi connectivity index (χ4n) is 1.86. The van der Waals surface area contributed by atoms with Gasteiger partial charge in [-0.3, -0.25) is 4.68 Å². The SMILES string of the molecule is CCn1cc(Oc2ncc(CNCC(C)C)c(C)n2)cn1. The van der Waals surface area contributed by atoms with E-state index in [2.05, 4.69) is 34.2 Å². The van der Waals surface area contributed by atoms with Crippen molar-refractivity contribution in [2.45, 2.75) is 40.8 Å². The van der Waals surface area contributed by atoms with Crippen LogP contribution >= 0.6 is 0 Å². The van der Waals surface area contributed by atoms with Crippen LogP contribution < -0.4 is 10.1 Å². The molecule has 21 heavy (non-hydrogen) atoms. The molecule has 0 saturated carbocycles. The van der Waals surface area contributed by atoms with Crippen molar-refractivity contribution in [3.05, 3.63) is 29.8 Å². The topological polar surface area (TPSA) is 64.9 Å². The molecule has 0 radical (unpaired) electrons. The lowest BCUT2D eigenvalue weighted by Gasteiger charge is -2.09. The van der Waals surface area contributed by atoms with Gasteiger partial charge in [-0.25, -0.2) is 4.98 Å². The first-order chi connectivity index (χ1) is 10.1. The molecule has 0 atom stereocenters. The van der Waals surface area contributed by atoms with Crippen LogP contribution in [0.5, 0.6) is 11.8 Å². The van der Waals surface area contributed by atoms with Crippen molar-refractivity contribution in [3.63, 3.8) is 0 Å². The first-order valence-electron chi connectivity index (χ1n) is 7.32. The van der Waals surface area contributed by atoms with Crippen LogP contribution in [0.3, 0.4) is 0 Å². The quantitative estimate of drug-likeness (QED) is 0.848. The summed E-state index contributed by atoms with van der Waals surface area (Å²) in [6.45, 7) is 10.9. The Labute approximate surface area is 125 Å². The van der Waals surface area contributed by atoms with Crippen molar-refractivity contribution < 1.29 is 4.74 Å². The Bertz CT molecular complexity index is 579. The first kappa shape index (κ1) is 15.4. The average Bonchev–Trinajstić information content (AvgIpc) is 2.88. The van der Waals surface area contributed by atoms with Crippen LogP contribution in [0.4, 0.5) is 0 Å². The predicted octanol–water partition coefficient (Wildman–Crippen LogP) is 2.54. The van der Waals surface area contributed by atoms with E-state index in [4.69, 9.17) is 4.74 Å². The fraction of sp³-hybridized carbons (Fsp3) is 0.533. The minimum atomic E-state index is 0.357. The summed E-state index contributed by atoms with van der Waals surface area (Å²) in [5.74, 6) is 1.28. The van der Waals surface area contributed by atoms with Gasteiger partial charge in [0.2, 0.25) is 0 Å². The maximum absolute atomic E-state index is 5.61. The normalized spacial score (nSPS) is 11.1. The Kier molecular flexibility index (Phi) is 5.27. The predicted molar refractivity (Wildman–Crippen MR) is 81.3 cm³/mol. The summed E-state index contributed by atoms with van der Waals surface area (Å²) < 4.78 is 7.41. The van der Waals surface area contributed by atoms with Crippen molar-refractivity contribution in [1.29, 1.82) is 0 Å². The van der Waals surface area contributed by atoms with Crippen molar-refractivity contribution in [1.82, 2.24) is 25.1 Å². The standard InChI is InChI=1S/C15H23N5O/c1-5-20-10-14(9-18-20)21-15-17-8-13(12(4)19-15)7-16-6-11(2)3/h8-11,16H,5-7H2,1-4H3. The number of hydrogen-bond donors (Lipinski definition) is 1. The summed E-state index contributed by atoms with van der Waals surface area (Å²) in [6.07, 6.45) is 5.31. The van der Waals surface area contributed by atoms with Gasteiger partial charge in [0.25, 0.3) is 0 Å². The second-order valence-electron chi connectivity index (χ2n) is 5.42. The lowest BCUT2D eigenvalue weighted by Crippen LogP contribution is -2.19. The van der Waals surface area contributed by atoms with Gasteiger partial charge in [0.15, 0.2) is 5.75 Å². The summed E-state index contributed by atoms with van der Waals surface area (Å²) >= 11 is 0. The van der Waals surface area contributed by atoms with Gasteiger partial charge in [-0.2, -0.15) is 10.1 Å². The molecule has 2 heterocycles. The highest BCUT2D eigenvalue weighted by molar-refractivity contribution is 5.21. The molecule has 2 aromatic heterocycles. The molecule has 0 saturated heterocycles. The molecule has 2 aromatic rings. The van der Waals surface area contributed by atoms with Gasteiger partial charge in [-0.1, -0.05) is 13.8 Å². The lowest BCUT2D eigenvalue weighted by molar-refractivity contribution is 0.437. The highest BCUT2D eigenvalue weighted by Crippen LogP contribution is 2.17. The number of rotatable bonds is 7. The summed E-state index contributed by atoms with van der Waals surface area (Å²) in [6, 6.07) is 0.357. The molecule has 0 amide bonds. The van der Waals surface area contributed by atoms with Crippen LogP contribution in [0.1, 0.15) is 32.0 Å². The molecular formula is C15H23N5O. The Balaban J connectivity index is 1.97. The molecule has 114 valence electrons. The van der Waals surface area contributed by atoms with Crippen LogP contribution in [0.15, 0.2) is 18.6 Å². The Hall–Kier alpha value is -1.95. The fourth-order valence-corrected chi connectivity index (χ4v) is 1.86. The molecule has 0 aliphatic carbocycles. The van der Waals surface area contributed by atoms with Gasteiger partial charge in [-0.15, -0.1) is 0 Å². The maximum Gasteiger partial charge on any atom is 0.322 e. The molecule has 1 N–H and O–H groups in total. The van der Waals surface area contributed by atoms with E-state index >= 15 is 0 Å². The van der Waals surface area contributed by atoms with Gasteiger partial charge in [0.05, 0.1) is 12.4 Å². The molecule has 0 spiro atoms. The van der Waals surface area contributed by atoms with E-state index < -0.39 is 0 Å². The monoisotopic (exact) mass is 289 g/mol. The molecule has 6 heteroatoms. The second-order valence-corrected chi connectivity index (χ2v) is 5.42. The zero-order valence-corrected chi connectivity index (χ0v) is 13.1. The number of nitrogens with zero attached hydrogens (tertiary/aromatic N) is 4. The molecule has 6 nitrogen and oxygen atoms in total. The van der Waals surface area contributed by atoms with Crippen molar-refractivity contribution in [2.75, 3.05) is 6.54 Å². The van der Waals surface area contributed by atoms with Gasteiger partial charge >= 0.3 is 6.01 Å². The number of ether oxygens (including phenoxy) is 1. The van der Waals surface area contributed by atoms with Gasteiger partial charge < -0.3 is 10.1 Å². The summed E-state index contributed by atoms with van der Waals surface area (Å²) in [5.41, 5.74) is 2.02. The number of aromatic nitrogens is 4. The van der Waals surface area contributed by atoms with E-state index in [1.165, 1.54) is 0 Å². The first-order valence-corrected chi connectivity index (χ1v) is 7.32. The van der Waals surface area contributed by atoms with Gasteiger partial charge in [0, 0.05) is 30.5 Å².